The summed E-state index contributed by atoms with van der Waals surface area (Å²) in [5.74, 6) is 0.523. The third kappa shape index (κ3) is 4.10. The molecule has 0 radical (unpaired) electrons. The van der Waals surface area contributed by atoms with Gasteiger partial charge in [-0.1, -0.05) is 23.8 Å². The molecule has 2 rings (SSSR count). The molecule has 0 aromatic heterocycles. The van der Waals surface area contributed by atoms with E-state index < -0.39 is 0 Å². The lowest BCUT2D eigenvalue weighted by atomic mass is 9.95. The first-order valence-corrected chi connectivity index (χ1v) is 8.62. The number of carbonyl (C=O) groups excluding carboxylic acids is 1. The highest BCUT2D eigenvalue weighted by Crippen LogP contribution is 2.22. The van der Waals surface area contributed by atoms with Gasteiger partial charge in [0, 0.05) is 26.2 Å². The number of piperidine rings is 1. The lowest BCUT2D eigenvalue weighted by Gasteiger charge is -2.34. The Hall–Kier alpha value is -1.35. The van der Waals surface area contributed by atoms with E-state index in [-0.39, 0.29) is 5.92 Å². The molecular formula is C19H30N2O. The predicted octanol–water partition coefficient (Wildman–Crippen LogP) is 3.38. The van der Waals surface area contributed by atoms with Crippen molar-refractivity contribution in [2.45, 2.75) is 47.1 Å². The summed E-state index contributed by atoms with van der Waals surface area (Å²) in [6.45, 7) is 13.1. The number of amides is 1. The van der Waals surface area contributed by atoms with E-state index in [1.165, 1.54) is 16.7 Å². The van der Waals surface area contributed by atoms with Crippen LogP contribution in [0.5, 0.6) is 0 Å². The van der Waals surface area contributed by atoms with Crippen LogP contribution in [0.1, 0.15) is 43.4 Å². The largest absolute Gasteiger partial charge is 0.343 e. The lowest BCUT2D eigenvalue weighted by Crippen LogP contribution is -2.44. The molecule has 1 atom stereocenters. The van der Waals surface area contributed by atoms with Gasteiger partial charge in [0.25, 0.3) is 0 Å². The van der Waals surface area contributed by atoms with Crippen LogP contribution in [0.15, 0.2) is 18.2 Å². The first-order valence-electron chi connectivity index (χ1n) is 8.62. The molecule has 0 aliphatic carbocycles. The highest BCUT2D eigenvalue weighted by Gasteiger charge is 2.28. The molecule has 1 aliphatic heterocycles. The summed E-state index contributed by atoms with van der Waals surface area (Å²) < 4.78 is 0. The maximum atomic E-state index is 12.6. The number of rotatable bonds is 5. The van der Waals surface area contributed by atoms with Crippen molar-refractivity contribution >= 4 is 5.91 Å². The van der Waals surface area contributed by atoms with Crippen LogP contribution in [0.25, 0.3) is 0 Å². The molecule has 1 heterocycles. The fourth-order valence-corrected chi connectivity index (χ4v) is 3.46. The summed E-state index contributed by atoms with van der Waals surface area (Å²) >= 11 is 0. The molecule has 122 valence electrons. The molecule has 0 N–H and O–H groups in total. The second-order valence-corrected chi connectivity index (χ2v) is 6.51. The molecule has 0 saturated carbocycles. The Labute approximate surface area is 135 Å². The number of likely N-dealkylation sites (tertiary alicyclic amines) is 1. The fraction of sp³-hybridized carbons (Fsp3) is 0.632. The lowest BCUT2D eigenvalue weighted by molar-refractivity contribution is -0.137. The van der Waals surface area contributed by atoms with Gasteiger partial charge in [-0.25, -0.2) is 0 Å². The number of carbonyl (C=O) groups is 1. The highest BCUT2D eigenvalue weighted by atomic mass is 16.2. The SMILES string of the molecule is CCN(CC)C(=O)[C@H]1CCCN(Cc2ccc(C)cc2C)C1. The van der Waals surface area contributed by atoms with Gasteiger partial charge in [-0.05, 0) is 58.2 Å². The van der Waals surface area contributed by atoms with Crippen molar-refractivity contribution in [3.63, 3.8) is 0 Å². The number of benzene rings is 1. The molecule has 1 amide bonds. The Morgan fingerprint density at radius 2 is 2.00 bits per heavy atom. The molecule has 22 heavy (non-hydrogen) atoms. The Morgan fingerprint density at radius 3 is 2.64 bits per heavy atom. The van der Waals surface area contributed by atoms with Gasteiger partial charge in [0.15, 0.2) is 0 Å². The van der Waals surface area contributed by atoms with Crippen molar-refractivity contribution in [3.05, 3.63) is 34.9 Å². The molecule has 3 heteroatoms. The van der Waals surface area contributed by atoms with E-state index in [0.717, 1.165) is 45.6 Å². The standard InChI is InChI=1S/C19H30N2O/c1-5-21(6-2)19(22)18-8-7-11-20(14-18)13-17-10-9-15(3)12-16(17)4/h9-10,12,18H,5-8,11,13-14H2,1-4H3/t18-/m0/s1. The maximum Gasteiger partial charge on any atom is 0.226 e. The summed E-state index contributed by atoms with van der Waals surface area (Å²) in [5, 5.41) is 0. The van der Waals surface area contributed by atoms with Crippen LogP contribution in [-0.2, 0) is 11.3 Å². The van der Waals surface area contributed by atoms with Crippen LogP contribution >= 0.6 is 0 Å². The van der Waals surface area contributed by atoms with Crippen molar-refractivity contribution in [3.8, 4) is 0 Å². The van der Waals surface area contributed by atoms with Gasteiger partial charge in [0.2, 0.25) is 5.91 Å². The van der Waals surface area contributed by atoms with Crippen LogP contribution in [0.3, 0.4) is 0 Å². The zero-order chi connectivity index (χ0) is 16.1. The minimum atomic E-state index is 0.180. The predicted molar refractivity (Wildman–Crippen MR) is 91.8 cm³/mol. The second-order valence-electron chi connectivity index (χ2n) is 6.51. The topological polar surface area (TPSA) is 23.6 Å². The smallest absolute Gasteiger partial charge is 0.226 e. The van der Waals surface area contributed by atoms with E-state index in [4.69, 9.17) is 0 Å². The summed E-state index contributed by atoms with van der Waals surface area (Å²) in [5.41, 5.74) is 4.06. The molecule has 1 aromatic rings. The number of aryl methyl sites for hydroxylation is 2. The Morgan fingerprint density at radius 1 is 1.27 bits per heavy atom. The number of nitrogens with zero attached hydrogens (tertiary/aromatic N) is 2. The molecule has 0 spiro atoms. The minimum absolute atomic E-state index is 0.180. The third-order valence-corrected chi connectivity index (χ3v) is 4.82. The first kappa shape index (κ1) is 17.0. The van der Waals surface area contributed by atoms with Crippen molar-refractivity contribution in [2.24, 2.45) is 5.92 Å². The fourth-order valence-electron chi connectivity index (χ4n) is 3.46. The van der Waals surface area contributed by atoms with Gasteiger partial charge in [0.05, 0.1) is 5.92 Å². The van der Waals surface area contributed by atoms with Crippen LogP contribution in [0.4, 0.5) is 0 Å². The molecule has 0 bridgehead atoms. The van der Waals surface area contributed by atoms with Gasteiger partial charge in [-0.2, -0.15) is 0 Å². The average Bonchev–Trinajstić information content (AvgIpc) is 2.51. The number of hydrogen-bond donors (Lipinski definition) is 0. The van der Waals surface area contributed by atoms with Gasteiger partial charge >= 0.3 is 0 Å². The van der Waals surface area contributed by atoms with Gasteiger partial charge in [-0.15, -0.1) is 0 Å². The Balaban J connectivity index is 2.00. The molecule has 1 aromatic carbocycles. The molecule has 3 nitrogen and oxygen atoms in total. The van der Waals surface area contributed by atoms with Gasteiger partial charge in [-0.3, -0.25) is 9.69 Å². The normalized spacial score (nSPS) is 19.2. The Bertz CT molecular complexity index is 508. The molecule has 1 fully saturated rings. The summed E-state index contributed by atoms with van der Waals surface area (Å²) in [6, 6.07) is 6.67. The van der Waals surface area contributed by atoms with Crippen LogP contribution in [0.2, 0.25) is 0 Å². The third-order valence-electron chi connectivity index (χ3n) is 4.82. The summed E-state index contributed by atoms with van der Waals surface area (Å²) in [7, 11) is 0. The van der Waals surface area contributed by atoms with Crippen molar-refractivity contribution < 1.29 is 4.79 Å². The summed E-state index contributed by atoms with van der Waals surface area (Å²) in [4.78, 5) is 17.0. The van der Waals surface area contributed by atoms with E-state index in [0.29, 0.717) is 5.91 Å². The van der Waals surface area contributed by atoms with Crippen LogP contribution < -0.4 is 0 Å². The van der Waals surface area contributed by atoms with Crippen molar-refractivity contribution in [1.29, 1.82) is 0 Å². The quantitative estimate of drug-likeness (QED) is 0.832. The summed E-state index contributed by atoms with van der Waals surface area (Å²) in [6.07, 6.45) is 2.17. The van der Waals surface area contributed by atoms with Crippen LogP contribution in [0, 0.1) is 19.8 Å². The zero-order valence-corrected chi connectivity index (χ0v) is 14.6. The van der Waals surface area contributed by atoms with Crippen LogP contribution in [-0.4, -0.2) is 41.9 Å². The molecule has 1 saturated heterocycles. The zero-order valence-electron chi connectivity index (χ0n) is 14.6. The first-order chi connectivity index (χ1) is 10.5. The number of hydrogen-bond acceptors (Lipinski definition) is 2. The van der Waals surface area contributed by atoms with E-state index in [1.807, 2.05) is 4.90 Å². The van der Waals surface area contributed by atoms with E-state index >= 15 is 0 Å². The van der Waals surface area contributed by atoms with E-state index in [9.17, 15) is 4.79 Å². The van der Waals surface area contributed by atoms with Gasteiger partial charge in [0.1, 0.15) is 0 Å². The van der Waals surface area contributed by atoms with Crippen molar-refractivity contribution in [2.75, 3.05) is 26.2 Å². The van der Waals surface area contributed by atoms with Crippen molar-refractivity contribution in [1.82, 2.24) is 9.80 Å². The average molecular weight is 302 g/mol. The van der Waals surface area contributed by atoms with E-state index in [1.54, 1.807) is 0 Å². The Kier molecular flexibility index (Phi) is 6.01. The molecular weight excluding hydrogens is 272 g/mol. The minimum Gasteiger partial charge on any atom is -0.343 e. The highest BCUT2D eigenvalue weighted by molar-refractivity contribution is 5.79. The second kappa shape index (κ2) is 7.77. The maximum absolute atomic E-state index is 12.6. The van der Waals surface area contributed by atoms with Gasteiger partial charge < -0.3 is 4.90 Å². The molecule has 0 unspecified atom stereocenters. The molecule has 1 aliphatic rings. The monoisotopic (exact) mass is 302 g/mol. The van der Waals surface area contributed by atoms with E-state index in [2.05, 4.69) is 50.8 Å².